The van der Waals surface area contributed by atoms with E-state index in [2.05, 4.69) is 0 Å². The second-order valence-electron chi connectivity index (χ2n) is 2.38. The fourth-order valence-electron chi connectivity index (χ4n) is 1.03. The SMILES string of the molecule is NCC(F)C1CCOC1. The van der Waals surface area contributed by atoms with Crippen molar-refractivity contribution < 1.29 is 9.13 Å². The molecule has 2 N–H and O–H groups in total. The third kappa shape index (κ3) is 1.63. The Hall–Kier alpha value is -0.150. The van der Waals surface area contributed by atoms with Gasteiger partial charge in [0.1, 0.15) is 6.17 Å². The highest BCUT2D eigenvalue weighted by atomic mass is 19.1. The van der Waals surface area contributed by atoms with Crippen molar-refractivity contribution >= 4 is 0 Å². The molecular formula is C6H12FNO. The van der Waals surface area contributed by atoms with E-state index in [4.69, 9.17) is 10.5 Å². The van der Waals surface area contributed by atoms with Crippen molar-refractivity contribution in [1.82, 2.24) is 0 Å². The van der Waals surface area contributed by atoms with E-state index in [0.29, 0.717) is 13.2 Å². The number of ether oxygens (including phenoxy) is 1. The molecule has 1 heterocycles. The smallest absolute Gasteiger partial charge is 0.117 e. The third-order valence-corrected chi connectivity index (χ3v) is 1.70. The molecule has 1 fully saturated rings. The number of hydrogen-bond acceptors (Lipinski definition) is 2. The first-order valence-electron chi connectivity index (χ1n) is 3.26. The molecule has 2 nitrogen and oxygen atoms in total. The molecule has 1 aliphatic rings. The monoisotopic (exact) mass is 133 g/mol. The van der Waals surface area contributed by atoms with Gasteiger partial charge in [0, 0.05) is 19.1 Å². The summed E-state index contributed by atoms with van der Waals surface area (Å²) < 4.78 is 17.6. The molecule has 1 aliphatic heterocycles. The van der Waals surface area contributed by atoms with E-state index in [1.165, 1.54) is 0 Å². The van der Waals surface area contributed by atoms with Crippen molar-refractivity contribution in [3.63, 3.8) is 0 Å². The molecule has 0 radical (unpaired) electrons. The predicted octanol–water partition coefficient (Wildman–Crippen LogP) is 0.320. The first-order valence-corrected chi connectivity index (χ1v) is 3.26. The molecular weight excluding hydrogens is 121 g/mol. The normalized spacial score (nSPS) is 30.7. The van der Waals surface area contributed by atoms with Crippen molar-refractivity contribution in [3.05, 3.63) is 0 Å². The van der Waals surface area contributed by atoms with E-state index in [1.54, 1.807) is 0 Å². The Labute approximate surface area is 54.2 Å². The van der Waals surface area contributed by atoms with Crippen LogP contribution in [0.15, 0.2) is 0 Å². The molecule has 2 atom stereocenters. The van der Waals surface area contributed by atoms with Gasteiger partial charge in [-0.05, 0) is 6.42 Å². The standard InChI is InChI=1S/C6H12FNO/c7-6(3-8)5-1-2-9-4-5/h5-6H,1-4,8H2. The summed E-state index contributed by atoms with van der Waals surface area (Å²) in [6, 6.07) is 0. The Morgan fingerprint density at radius 1 is 1.78 bits per heavy atom. The topological polar surface area (TPSA) is 35.2 Å². The maximum absolute atomic E-state index is 12.6. The van der Waals surface area contributed by atoms with Crippen LogP contribution in [0.5, 0.6) is 0 Å². The van der Waals surface area contributed by atoms with Crippen LogP contribution in [0.1, 0.15) is 6.42 Å². The molecule has 2 unspecified atom stereocenters. The van der Waals surface area contributed by atoms with Crippen LogP contribution in [0.2, 0.25) is 0 Å². The van der Waals surface area contributed by atoms with Crippen LogP contribution in [0.3, 0.4) is 0 Å². The summed E-state index contributed by atoms with van der Waals surface area (Å²) in [5, 5.41) is 0. The Balaban J connectivity index is 2.24. The van der Waals surface area contributed by atoms with E-state index in [1.807, 2.05) is 0 Å². The number of nitrogens with two attached hydrogens (primary N) is 1. The average molecular weight is 133 g/mol. The van der Waals surface area contributed by atoms with Gasteiger partial charge in [0.15, 0.2) is 0 Å². The van der Waals surface area contributed by atoms with E-state index in [9.17, 15) is 4.39 Å². The molecule has 1 rings (SSSR count). The van der Waals surface area contributed by atoms with Crippen molar-refractivity contribution in [3.8, 4) is 0 Å². The number of rotatable bonds is 2. The number of halogens is 1. The summed E-state index contributed by atoms with van der Waals surface area (Å²) in [7, 11) is 0. The predicted molar refractivity (Wildman–Crippen MR) is 32.9 cm³/mol. The zero-order valence-electron chi connectivity index (χ0n) is 5.35. The molecule has 1 saturated heterocycles. The lowest BCUT2D eigenvalue weighted by Crippen LogP contribution is -2.24. The molecule has 3 heteroatoms. The van der Waals surface area contributed by atoms with Crippen molar-refractivity contribution in [2.45, 2.75) is 12.6 Å². The van der Waals surface area contributed by atoms with Gasteiger partial charge in [0.05, 0.1) is 6.61 Å². The van der Waals surface area contributed by atoms with Crippen LogP contribution in [0, 0.1) is 5.92 Å². The second-order valence-corrected chi connectivity index (χ2v) is 2.38. The van der Waals surface area contributed by atoms with Crippen LogP contribution in [0.4, 0.5) is 4.39 Å². The minimum absolute atomic E-state index is 0.0648. The molecule has 0 bridgehead atoms. The molecule has 0 aromatic rings. The average Bonchev–Trinajstić information content (AvgIpc) is 2.37. The molecule has 0 aromatic heterocycles. The molecule has 0 aromatic carbocycles. The minimum Gasteiger partial charge on any atom is -0.381 e. The van der Waals surface area contributed by atoms with Gasteiger partial charge in [-0.15, -0.1) is 0 Å². The molecule has 54 valence electrons. The van der Waals surface area contributed by atoms with E-state index < -0.39 is 6.17 Å². The lowest BCUT2D eigenvalue weighted by Gasteiger charge is -2.09. The first kappa shape index (κ1) is 6.96. The molecule has 0 spiro atoms. The second kappa shape index (κ2) is 3.13. The first-order chi connectivity index (χ1) is 4.34. The highest BCUT2D eigenvalue weighted by molar-refractivity contribution is 4.73. The lowest BCUT2D eigenvalue weighted by molar-refractivity contribution is 0.157. The molecule has 0 aliphatic carbocycles. The fraction of sp³-hybridized carbons (Fsp3) is 1.00. The quantitative estimate of drug-likeness (QED) is 0.588. The summed E-state index contributed by atoms with van der Waals surface area (Å²) in [6.07, 6.45) is -0.0225. The van der Waals surface area contributed by atoms with Crippen LogP contribution in [-0.2, 0) is 4.74 Å². The zero-order valence-corrected chi connectivity index (χ0v) is 5.35. The van der Waals surface area contributed by atoms with Gasteiger partial charge < -0.3 is 10.5 Å². The zero-order chi connectivity index (χ0) is 6.69. The van der Waals surface area contributed by atoms with E-state index >= 15 is 0 Å². The summed E-state index contributed by atoms with van der Waals surface area (Å²) in [4.78, 5) is 0. The fourth-order valence-corrected chi connectivity index (χ4v) is 1.03. The Kier molecular flexibility index (Phi) is 2.42. The summed E-state index contributed by atoms with van der Waals surface area (Å²) in [5.74, 6) is 0.0648. The van der Waals surface area contributed by atoms with Gasteiger partial charge in [0.2, 0.25) is 0 Å². The molecule has 9 heavy (non-hydrogen) atoms. The van der Waals surface area contributed by atoms with Gasteiger partial charge >= 0.3 is 0 Å². The molecule has 0 saturated carbocycles. The number of alkyl halides is 1. The maximum Gasteiger partial charge on any atom is 0.117 e. The minimum atomic E-state index is -0.854. The van der Waals surface area contributed by atoms with Gasteiger partial charge in [-0.2, -0.15) is 0 Å². The highest BCUT2D eigenvalue weighted by Gasteiger charge is 2.23. The van der Waals surface area contributed by atoms with Crippen LogP contribution < -0.4 is 5.73 Å². The lowest BCUT2D eigenvalue weighted by atomic mass is 10.0. The van der Waals surface area contributed by atoms with Gasteiger partial charge in [-0.25, -0.2) is 4.39 Å². The van der Waals surface area contributed by atoms with E-state index in [0.717, 1.165) is 6.42 Å². The van der Waals surface area contributed by atoms with Crippen LogP contribution in [0.25, 0.3) is 0 Å². The Bertz CT molecular complexity index is 83.1. The van der Waals surface area contributed by atoms with Crippen molar-refractivity contribution in [2.75, 3.05) is 19.8 Å². The maximum atomic E-state index is 12.6. The summed E-state index contributed by atoms with van der Waals surface area (Å²) >= 11 is 0. The van der Waals surface area contributed by atoms with Crippen LogP contribution >= 0.6 is 0 Å². The molecule has 0 amide bonds. The highest BCUT2D eigenvalue weighted by Crippen LogP contribution is 2.17. The van der Waals surface area contributed by atoms with Gasteiger partial charge in [0.25, 0.3) is 0 Å². The van der Waals surface area contributed by atoms with Crippen molar-refractivity contribution in [2.24, 2.45) is 11.7 Å². The van der Waals surface area contributed by atoms with E-state index in [-0.39, 0.29) is 12.5 Å². The summed E-state index contributed by atoms with van der Waals surface area (Å²) in [6.45, 7) is 1.39. The van der Waals surface area contributed by atoms with Gasteiger partial charge in [-0.3, -0.25) is 0 Å². The van der Waals surface area contributed by atoms with Gasteiger partial charge in [-0.1, -0.05) is 0 Å². The van der Waals surface area contributed by atoms with Crippen LogP contribution in [-0.4, -0.2) is 25.9 Å². The Morgan fingerprint density at radius 3 is 3.00 bits per heavy atom. The largest absolute Gasteiger partial charge is 0.381 e. The third-order valence-electron chi connectivity index (χ3n) is 1.70. The Morgan fingerprint density at radius 2 is 2.56 bits per heavy atom. The number of hydrogen-bond donors (Lipinski definition) is 1. The van der Waals surface area contributed by atoms with Crippen molar-refractivity contribution in [1.29, 1.82) is 0 Å². The summed E-state index contributed by atoms with van der Waals surface area (Å²) in [5.41, 5.74) is 5.12.